The summed E-state index contributed by atoms with van der Waals surface area (Å²) in [4.78, 5) is 4.49. The monoisotopic (exact) mass is 327 g/mol. The number of aromatic nitrogens is 1. The van der Waals surface area contributed by atoms with Crippen LogP contribution in [0.5, 0.6) is 0 Å². The number of pyridine rings is 1. The van der Waals surface area contributed by atoms with Gasteiger partial charge in [-0.1, -0.05) is 12.1 Å². The van der Waals surface area contributed by atoms with Gasteiger partial charge >= 0.3 is 0 Å². The van der Waals surface area contributed by atoms with Crippen LogP contribution in [-0.2, 0) is 10.0 Å². The maximum absolute atomic E-state index is 12.7. The molecule has 0 saturated heterocycles. The molecule has 3 N–H and O–H groups in total. The molecular formula is C13H14FN3O2S2. The Morgan fingerprint density at radius 1 is 1.24 bits per heavy atom. The second kappa shape index (κ2) is 6.77. The van der Waals surface area contributed by atoms with Crippen molar-refractivity contribution in [1.82, 2.24) is 4.98 Å². The minimum absolute atomic E-state index is 0.0922. The zero-order valence-electron chi connectivity index (χ0n) is 11.0. The van der Waals surface area contributed by atoms with Gasteiger partial charge in [0, 0.05) is 16.3 Å². The van der Waals surface area contributed by atoms with Gasteiger partial charge in [0.25, 0.3) is 0 Å². The number of hydrogen-bond donors (Lipinski definition) is 2. The van der Waals surface area contributed by atoms with E-state index in [0.717, 1.165) is 17.2 Å². The average Bonchev–Trinajstić information content (AvgIpc) is 2.43. The van der Waals surface area contributed by atoms with Gasteiger partial charge in [0.1, 0.15) is 11.6 Å². The Balaban J connectivity index is 1.90. The van der Waals surface area contributed by atoms with Crippen LogP contribution in [0.1, 0.15) is 0 Å². The van der Waals surface area contributed by atoms with Gasteiger partial charge in [-0.25, -0.2) is 17.8 Å². The summed E-state index contributed by atoms with van der Waals surface area (Å²) in [5.41, 5.74) is 6.40. The zero-order chi connectivity index (χ0) is 15.3. The molecule has 0 atom stereocenters. The first-order valence-corrected chi connectivity index (χ1v) is 8.69. The molecule has 2 rings (SSSR count). The fraction of sp³-hybridized carbons (Fsp3) is 0.154. The Labute approximate surface area is 126 Å². The Hall–Kier alpha value is -1.80. The summed E-state index contributed by atoms with van der Waals surface area (Å²) in [6, 6.07) is 9.67. The third kappa shape index (κ3) is 4.91. The fourth-order valence-electron chi connectivity index (χ4n) is 1.52. The predicted molar refractivity (Wildman–Crippen MR) is 83.2 cm³/mol. The molecule has 0 radical (unpaired) electrons. The first-order chi connectivity index (χ1) is 9.96. The quantitative estimate of drug-likeness (QED) is 0.628. The molecule has 5 nitrogen and oxygen atoms in total. The molecule has 0 saturated carbocycles. The van der Waals surface area contributed by atoms with Crippen molar-refractivity contribution in [2.24, 2.45) is 0 Å². The number of nitrogens with one attached hydrogen (secondary N) is 1. The van der Waals surface area contributed by atoms with E-state index in [1.165, 1.54) is 17.8 Å². The second-order valence-corrected chi connectivity index (χ2v) is 7.15. The molecule has 0 aliphatic rings. The van der Waals surface area contributed by atoms with Gasteiger partial charge in [0.2, 0.25) is 10.0 Å². The molecule has 0 bridgehead atoms. The first kappa shape index (κ1) is 15.6. The van der Waals surface area contributed by atoms with E-state index in [0.29, 0.717) is 11.4 Å². The Kier molecular flexibility index (Phi) is 5.03. The highest BCUT2D eigenvalue weighted by Crippen LogP contribution is 2.24. The van der Waals surface area contributed by atoms with Gasteiger partial charge in [-0.15, -0.1) is 11.8 Å². The highest BCUT2D eigenvalue weighted by molar-refractivity contribution is 8.01. The average molecular weight is 327 g/mol. The summed E-state index contributed by atoms with van der Waals surface area (Å²) >= 11 is 1.36. The lowest BCUT2D eigenvalue weighted by Crippen LogP contribution is -2.18. The van der Waals surface area contributed by atoms with Crippen molar-refractivity contribution in [3.8, 4) is 0 Å². The van der Waals surface area contributed by atoms with E-state index in [2.05, 4.69) is 9.71 Å². The largest absolute Gasteiger partial charge is 0.398 e. The molecule has 1 heterocycles. The SMILES string of the molecule is Nc1ccccc1SCCS(=O)(=O)Nc1ccc(F)cn1. The maximum atomic E-state index is 12.7. The van der Waals surface area contributed by atoms with Crippen LogP contribution in [0.2, 0.25) is 0 Å². The second-order valence-electron chi connectivity index (χ2n) is 4.17. The van der Waals surface area contributed by atoms with E-state index in [-0.39, 0.29) is 11.6 Å². The molecule has 0 aliphatic carbocycles. The van der Waals surface area contributed by atoms with Crippen LogP contribution in [0, 0.1) is 5.82 Å². The highest BCUT2D eigenvalue weighted by Gasteiger charge is 2.12. The Morgan fingerprint density at radius 3 is 2.67 bits per heavy atom. The van der Waals surface area contributed by atoms with E-state index < -0.39 is 15.8 Å². The number of anilines is 2. The predicted octanol–water partition coefficient (Wildman–Crippen LogP) is 2.34. The molecule has 1 aromatic heterocycles. The van der Waals surface area contributed by atoms with Crippen molar-refractivity contribution in [1.29, 1.82) is 0 Å². The number of hydrogen-bond acceptors (Lipinski definition) is 5. The van der Waals surface area contributed by atoms with Crippen LogP contribution in [0.3, 0.4) is 0 Å². The third-order valence-corrected chi connectivity index (χ3v) is 5.13. The number of para-hydroxylation sites is 1. The van der Waals surface area contributed by atoms with E-state index in [4.69, 9.17) is 5.73 Å². The van der Waals surface area contributed by atoms with Crippen molar-refractivity contribution in [3.05, 3.63) is 48.4 Å². The molecule has 1 aromatic carbocycles. The van der Waals surface area contributed by atoms with Crippen molar-refractivity contribution >= 4 is 33.3 Å². The molecule has 0 spiro atoms. The summed E-state index contributed by atoms with van der Waals surface area (Å²) in [6.45, 7) is 0. The molecule has 8 heteroatoms. The molecule has 0 unspecified atom stereocenters. The van der Waals surface area contributed by atoms with Gasteiger partial charge in [-0.3, -0.25) is 4.72 Å². The number of nitrogen functional groups attached to an aromatic ring is 1. The Morgan fingerprint density at radius 2 is 2.00 bits per heavy atom. The van der Waals surface area contributed by atoms with Crippen molar-refractivity contribution < 1.29 is 12.8 Å². The number of benzene rings is 1. The topological polar surface area (TPSA) is 85.1 Å². The minimum Gasteiger partial charge on any atom is -0.398 e. The number of thioether (sulfide) groups is 1. The van der Waals surface area contributed by atoms with Crippen molar-refractivity contribution in [2.45, 2.75) is 4.90 Å². The summed E-state index contributed by atoms with van der Waals surface area (Å²) in [5, 5.41) is 0. The summed E-state index contributed by atoms with van der Waals surface area (Å²) in [6.07, 6.45) is 0.956. The van der Waals surface area contributed by atoms with Crippen LogP contribution in [0.15, 0.2) is 47.5 Å². The van der Waals surface area contributed by atoms with E-state index in [1.807, 2.05) is 18.2 Å². The lowest BCUT2D eigenvalue weighted by atomic mass is 10.3. The smallest absolute Gasteiger partial charge is 0.234 e. The van der Waals surface area contributed by atoms with Gasteiger partial charge in [-0.05, 0) is 24.3 Å². The molecule has 112 valence electrons. The zero-order valence-corrected chi connectivity index (χ0v) is 12.6. The van der Waals surface area contributed by atoms with Gasteiger partial charge < -0.3 is 5.73 Å². The number of halogens is 1. The van der Waals surface area contributed by atoms with Crippen molar-refractivity contribution in [3.63, 3.8) is 0 Å². The third-order valence-electron chi connectivity index (χ3n) is 2.52. The van der Waals surface area contributed by atoms with Crippen LogP contribution in [-0.4, -0.2) is 24.9 Å². The van der Waals surface area contributed by atoms with E-state index >= 15 is 0 Å². The van der Waals surface area contributed by atoms with Gasteiger partial charge in [-0.2, -0.15) is 0 Å². The molecule has 0 fully saturated rings. The number of sulfonamides is 1. The van der Waals surface area contributed by atoms with Gasteiger partial charge in [0.15, 0.2) is 0 Å². The number of nitrogens with zero attached hydrogens (tertiary/aromatic N) is 1. The standard InChI is InChI=1S/C13H14FN3O2S2/c14-10-5-6-13(16-9-10)17-21(18,19)8-7-20-12-4-2-1-3-11(12)15/h1-6,9H,7-8,15H2,(H,16,17). The van der Waals surface area contributed by atoms with Crippen LogP contribution in [0.4, 0.5) is 15.9 Å². The lowest BCUT2D eigenvalue weighted by molar-refractivity contribution is 0.602. The molecule has 0 aliphatic heterocycles. The van der Waals surface area contributed by atoms with E-state index in [9.17, 15) is 12.8 Å². The molecular weight excluding hydrogens is 313 g/mol. The lowest BCUT2D eigenvalue weighted by Gasteiger charge is -2.08. The van der Waals surface area contributed by atoms with Crippen LogP contribution in [0.25, 0.3) is 0 Å². The molecule has 21 heavy (non-hydrogen) atoms. The molecule has 0 amide bonds. The van der Waals surface area contributed by atoms with Crippen LogP contribution < -0.4 is 10.5 Å². The first-order valence-electron chi connectivity index (χ1n) is 6.06. The highest BCUT2D eigenvalue weighted by atomic mass is 32.2. The Bertz CT molecular complexity index is 706. The fourth-order valence-corrected chi connectivity index (χ4v) is 3.90. The maximum Gasteiger partial charge on any atom is 0.234 e. The summed E-state index contributed by atoms with van der Waals surface area (Å²) in [5.74, 6) is -0.163. The van der Waals surface area contributed by atoms with Crippen molar-refractivity contribution in [2.75, 3.05) is 22.0 Å². The minimum atomic E-state index is -3.53. The molecule has 2 aromatic rings. The van der Waals surface area contributed by atoms with E-state index in [1.54, 1.807) is 6.07 Å². The number of nitrogens with two attached hydrogens (primary N) is 1. The summed E-state index contributed by atoms with van der Waals surface area (Å²) < 4.78 is 38.7. The van der Waals surface area contributed by atoms with Gasteiger partial charge in [0.05, 0.1) is 11.9 Å². The normalized spacial score (nSPS) is 11.3. The number of rotatable bonds is 6. The van der Waals surface area contributed by atoms with Crippen LogP contribution >= 0.6 is 11.8 Å². The summed E-state index contributed by atoms with van der Waals surface area (Å²) in [7, 11) is -3.53.